The van der Waals surface area contributed by atoms with Crippen LogP contribution >= 0.6 is 11.8 Å². The number of esters is 1. The number of amides is 1. The number of nitrogens with zero attached hydrogens (tertiary/aromatic N) is 2. The molecule has 2 aromatic carbocycles. The molecule has 0 spiro atoms. The van der Waals surface area contributed by atoms with Gasteiger partial charge in [0.25, 0.3) is 5.91 Å². The fourth-order valence-corrected chi connectivity index (χ4v) is 3.71. The van der Waals surface area contributed by atoms with Gasteiger partial charge in [-0.1, -0.05) is 0 Å². The van der Waals surface area contributed by atoms with Crippen LogP contribution in [-0.4, -0.2) is 49.8 Å². The van der Waals surface area contributed by atoms with Crippen molar-refractivity contribution >= 4 is 40.6 Å². The van der Waals surface area contributed by atoms with Crippen LogP contribution in [0.3, 0.4) is 0 Å². The Labute approximate surface area is 179 Å². The molecular weight excluding hydrogens is 404 g/mol. The highest BCUT2D eigenvalue weighted by Crippen LogP contribution is 2.35. The maximum absolute atomic E-state index is 12.7. The molecular formula is C22H22N2O5S. The average molecular weight is 426 g/mol. The van der Waals surface area contributed by atoms with Gasteiger partial charge in [-0.25, -0.2) is 9.79 Å². The van der Waals surface area contributed by atoms with Crippen molar-refractivity contribution in [3.8, 4) is 11.5 Å². The predicted octanol–water partition coefficient (Wildman–Crippen LogP) is 4.11. The smallest absolute Gasteiger partial charge is 0.338 e. The van der Waals surface area contributed by atoms with E-state index < -0.39 is 0 Å². The number of rotatable bonds is 6. The number of hydrogen-bond donors (Lipinski definition) is 0. The van der Waals surface area contributed by atoms with Gasteiger partial charge in [-0.05, 0) is 61.2 Å². The van der Waals surface area contributed by atoms with E-state index in [1.165, 1.54) is 16.7 Å². The first-order chi connectivity index (χ1) is 14.5. The minimum absolute atomic E-state index is 0.153. The summed E-state index contributed by atoms with van der Waals surface area (Å²) in [5, 5.41) is 0.544. The van der Waals surface area contributed by atoms with Gasteiger partial charge in [0, 0.05) is 18.7 Å². The Morgan fingerprint density at radius 1 is 1.13 bits per heavy atom. The van der Waals surface area contributed by atoms with Crippen LogP contribution in [0.25, 0.3) is 6.08 Å². The van der Waals surface area contributed by atoms with Gasteiger partial charge in [-0.2, -0.15) is 0 Å². The summed E-state index contributed by atoms with van der Waals surface area (Å²) < 4.78 is 15.6. The molecule has 2 aromatic rings. The molecule has 7 nitrogen and oxygen atoms in total. The first kappa shape index (κ1) is 21.4. The molecule has 0 bridgehead atoms. The summed E-state index contributed by atoms with van der Waals surface area (Å²) in [7, 11) is 4.83. The minimum Gasteiger partial charge on any atom is -0.497 e. The first-order valence-corrected chi connectivity index (χ1v) is 10.0. The van der Waals surface area contributed by atoms with Crippen LogP contribution in [0.2, 0.25) is 0 Å². The lowest BCUT2D eigenvalue weighted by Gasteiger charge is -2.08. The number of aliphatic imine (C=N–C) groups is 1. The van der Waals surface area contributed by atoms with Crippen molar-refractivity contribution in [3.63, 3.8) is 0 Å². The molecule has 8 heteroatoms. The highest BCUT2D eigenvalue weighted by atomic mass is 32.2. The summed E-state index contributed by atoms with van der Waals surface area (Å²) in [5.74, 6) is 0.751. The molecule has 1 aliphatic rings. The summed E-state index contributed by atoms with van der Waals surface area (Å²) >= 11 is 1.27. The van der Waals surface area contributed by atoms with E-state index in [9.17, 15) is 9.59 Å². The van der Waals surface area contributed by atoms with Crippen LogP contribution in [0.5, 0.6) is 11.5 Å². The second-order valence-corrected chi connectivity index (χ2v) is 7.25. The molecule has 30 heavy (non-hydrogen) atoms. The molecule has 1 amide bonds. The number of carbonyl (C=O) groups is 2. The van der Waals surface area contributed by atoms with Crippen LogP contribution in [0.15, 0.2) is 52.4 Å². The zero-order chi connectivity index (χ0) is 21.7. The summed E-state index contributed by atoms with van der Waals surface area (Å²) in [6, 6.07) is 12.1. The van der Waals surface area contributed by atoms with Crippen molar-refractivity contribution in [2.75, 3.05) is 27.9 Å². The zero-order valence-corrected chi connectivity index (χ0v) is 18.0. The minimum atomic E-state index is -0.377. The number of ether oxygens (including phenoxy) is 3. The van der Waals surface area contributed by atoms with Crippen molar-refractivity contribution in [2.24, 2.45) is 4.99 Å². The summed E-state index contributed by atoms with van der Waals surface area (Å²) in [6.07, 6.45) is 1.77. The molecule has 0 radical (unpaired) electrons. The molecule has 156 valence electrons. The normalized spacial score (nSPS) is 16.3. The van der Waals surface area contributed by atoms with Gasteiger partial charge >= 0.3 is 5.97 Å². The first-order valence-electron chi connectivity index (χ1n) is 9.22. The SMILES string of the molecule is CCOC(=O)c1ccc(N=C2S/C(=C\c3ccc(OC)cc3OC)C(=O)N2C)cc1. The molecule has 1 fully saturated rings. The van der Waals surface area contributed by atoms with Crippen molar-refractivity contribution in [1.82, 2.24) is 4.90 Å². The van der Waals surface area contributed by atoms with Gasteiger partial charge < -0.3 is 14.2 Å². The van der Waals surface area contributed by atoms with E-state index in [1.54, 1.807) is 64.6 Å². The number of benzene rings is 2. The standard InChI is InChI=1S/C22H22N2O5S/c1-5-29-21(26)14-6-9-16(10-7-14)23-22-24(2)20(25)19(30-22)12-15-8-11-17(27-3)13-18(15)28-4/h6-13H,5H2,1-4H3/b19-12-,23-22?. The maximum Gasteiger partial charge on any atom is 0.338 e. The van der Waals surface area contributed by atoms with Gasteiger partial charge in [-0.3, -0.25) is 9.69 Å². The van der Waals surface area contributed by atoms with Gasteiger partial charge in [0.05, 0.1) is 37.0 Å². The third kappa shape index (κ3) is 4.65. The zero-order valence-electron chi connectivity index (χ0n) is 17.2. The lowest BCUT2D eigenvalue weighted by Crippen LogP contribution is -2.23. The van der Waals surface area contributed by atoms with Crippen LogP contribution in [-0.2, 0) is 9.53 Å². The van der Waals surface area contributed by atoms with E-state index in [0.717, 1.165) is 5.56 Å². The summed E-state index contributed by atoms with van der Waals surface area (Å²) in [4.78, 5) is 31.0. The largest absolute Gasteiger partial charge is 0.497 e. The topological polar surface area (TPSA) is 77.4 Å². The monoisotopic (exact) mass is 426 g/mol. The Morgan fingerprint density at radius 2 is 1.87 bits per heavy atom. The quantitative estimate of drug-likeness (QED) is 0.511. The molecule has 0 N–H and O–H groups in total. The molecule has 0 saturated carbocycles. The third-order valence-electron chi connectivity index (χ3n) is 4.33. The van der Waals surface area contributed by atoms with Crippen LogP contribution in [0, 0.1) is 0 Å². The lowest BCUT2D eigenvalue weighted by molar-refractivity contribution is -0.121. The van der Waals surface area contributed by atoms with Crippen molar-refractivity contribution in [3.05, 3.63) is 58.5 Å². The molecule has 0 unspecified atom stereocenters. The lowest BCUT2D eigenvalue weighted by atomic mass is 10.1. The van der Waals surface area contributed by atoms with Crippen molar-refractivity contribution in [1.29, 1.82) is 0 Å². The third-order valence-corrected chi connectivity index (χ3v) is 5.39. The molecule has 0 aromatic heterocycles. The highest BCUT2D eigenvalue weighted by Gasteiger charge is 2.30. The summed E-state index contributed by atoms with van der Waals surface area (Å²) in [6.45, 7) is 2.08. The number of carbonyl (C=O) groups excluding carboxylic acids is 2. The Balaban J connectivity index is 1.84. The van der Waals surface area contributed by atoms with Crippen LogP contribution in [0.4, 0.5) is 5.69 Å². The van der Waals surface area contributed by atoms with Crippen LogP contribution in [0.1, 0.15) is 22.8 Å². The van der Waals surface area contributed by atoms with Gasteiger partial charge in [0.2, 0.25) is 0 Å². The summed E-state index contributed by atoms with van der Waals surface area (Å²) in [5.41, 5.74) is 1.85. The van der Waals surface area contributed by atoms with E-state index >= 15 is 0 Å². The molecule has 1 aliphatic heterocycles. The Bertz CT molecular complexity index is 1010. The molecule has 1 heterocycles. The Kier molecular flexibility index (Phi) is 6.79. The van der Waals surface area contributed by atoms with Gasteiger partial charge in [-0.15, -0.1) is 0 Å². The Hall–Kier alpha value is -3.26. The predicted molar refractivity (Wildman–Crippen MR) is 117 cm³/mol. The highest BCUT2D eigenvalue weighted by molar-refractivity contribution is 8.18. The van der Waals surface area contributed by atoms with Crippen molar-refractivity contribution in [2.45, 2.75) is 6.92 Å². The van der Waals surface area contributed by atoms with E-state index in [0.29, 0.717) is 39.4 Å². The van der Waals surface area contributed by atoms with Gasteiger partial charge in [0.15, 0.2) is 5.17 Å². The van der Waals surface area contributed by atoms with Crippen molar-refractivity contribution < 1.29 is 23.8 Å². The number of amidine groups is 1. The average Bonchev–Trinajstić information content (AvgIpc) is 3.02. The van der Waals surface area contributed by atoms with E-state index in [2.05, 4.69) is 4.99 Å². The van der Waals surface area contributed by atoms with E-state index in [-0.39, 0.29) is 11.9 Å². The maximum atomic E-state index is 12.7. The number of hydrogen-bond acceptors (Lipinski definition) is 7. The second kappa shape index (κ2) is 9.49. The number of likely N-dealkylation sites (N-methyl/N-ethyl adjacent to an activating group) is 1. The number of thioether (sulfide) groups is 1. The molecule has 1 saturated heterocycles. The van der Waals surface area contributed by atoms with Crippen LogP contribution < -0.4 is 9.47 Å². The van der Waals surface area contributed by atoms with E-state index in [1.807, 2.05) is 12.1 Å². The molecule has 0 aliphatic carbocycles. The number of methoxy groups -OCH3 is 2. The van der Waals surface area contributed by atoms with Gasteiger partial charge in [0.1, 0.15) is 11.5 Å². The second-order valence-electron chi connectivity index (χ2n) is 6.24. The molecule has 3 rings (SSSR count). The van der Waals surface area contributed by atoms with E-state index in [4.69, 9.17) is 14.2 Å². The fourth-order valence-electron chi connectivity index (χ4n) is 2.73. The Morgan fingerprint density at radius 3 is 2.50 bits per heavy atom. The molecule has 0 atom stereocenters. The fraction of sp³-hybridized carbons (Fsp3) is 0.227.